The van der Waals surface area contributed by atoms with Crippen molar-refractivity contribution < 1.29 is 0 Å². The van der Waals surface area contributed by atoms with E-state index in [1.54, 1.807) is 0 Å². The van der Waals surface area contributed by atoms with Crippen molar-refractivity contribution in [1.29, 1.82) is 0 Å². The molecule has 2 rings (SSSR count). The molecule has 0 spiro atoms. The van der Waals surface area contributed by atoms with E-state index in [1.165, 1.54) is 0 Å². The van der Waals surface area contributed by atoms with E-state index < -0.39 is 0 Å². The molecule has 1 aromatic heterocycles. The lowest BCUT2D eigenvalue weighted by atomic mass is 10.3. The van der Waals surface area contributed by atoms with Gasteiger partial charge in [0.05, 0.1) is 5.69 Å². The van der Waals surface area contributed by atoms with E-state index in [2.05, 4.69) is 28.7 Å². The molecule has 0 unspecified atom stereocenters. The van der Waals surface area contributed by atoms with Crippen molar-refractivity contribution in [3.05, 3.63) is 21.7 Å². The van der Waals surface area contributed by atoms with Gasteiger partial charge in [-0.3, -0.25) is 4.90 Å². The van der Waals surface area contributed by atoms with Gasteiger partial charge >= 0.3 is 0 Å². The van der Waals surface area contributed by atoms with Crippen LogP contribution in [-0.2, 0) is 13.1 Å². The van der Waals surface area contributed by atoms with Crippen molar-refractivity contribution in [2.45, 2.75) is 33.0 Å². The molecule has 5 heteroatoms. The Morgan fingerprint density at radius 2 is 1.93 bits per heavy atom. The molecular formula is C9H11Cl2N3. The molecule has 1 aliphatic rings. The summed E-state index contributed by atoms with van der Waals surface area (Å²) in [6.07, 6.45) is 0. The maximum atomic E-state index is 5.98. The van der Waals surface area contributed by atoms with Crippen molar-refractivity contribution >= 4 is 23.2 Å². The average Bonchev–Trinajstić information content (AvgIpc) is 2.47. The highest BCUT2D eigenvalue weighted by Gasteiger charge is 2.25. The molecule has 0 aliphatic carbocycles. The topological polar surface area (TPSA) is 29.0 Å². The Balaban J connectivity index is 2.35. The molecule has 0 amide bonds. The van der Waals surface area contributed by atoms with E-state index in [-0.39, 0.29) is 5.28 Å². The first-order valence-corrected chi connectivity index (χ1v) is 5.28. The number of rotatable bonds is 1. The first-order valence-electron chi connectivity index (χ1n) is 4.52. The van der Waals surface area contributed by atoms with Crippen LogP contribution in [0.15, 0.2) is 0 Å². The fraction of sp³-hybridized carbons (Fsp3) is 0.556. The van der Waals surface area contributed by atoms with Gasteiger partial charge in [-0.15, -0.1) is 0 Å². The Morgan fingerprint density at radius 1 is 1.21 bits per heavy atom. The van der Waals surface area contributed by atoms with Gasteiger partial charge in [0.15, 0.2) is 0 Å². The van der Waals surface area contributed by atoms with E-state index in [9.17, 15) is 0 Å². The average molecular weight is 232 g/mol. The molecule has 14 heavy (non-hydrogen) atoms. The van der Waals surface area contributed by atoms with Crippen molar-refractivity contribution in [3.63, 3.8) is 0 Å². The number of hydrogen-bond donors (Lipinski definition) is 0. The highest BCUT2D eigenvalue weighted by molar-refractivity contribution is 6.32. The van der Waals surface area contributed by atoms with E-state index in [1.807, 2.05) is 0 Å². The van der Waals surface area contributed by atoms with Gasteiger partial charge in [-0.05, 0) is 25.4 Å². The van der Waals surface area contributed by atoms with Gasteiger partial charge in [-0.1, -0.05) is 11.6 Å². The minimum atomic E-state index is 0.236. The second kappa shape index (κ2) is 3.65. The van der Waals surface area contributed by atoms with Gasteiger partial charge in [-0.2, -0.15) is 0 Å². The van der Waals surface area contributed by atoms with E-state index in [0.717, 1.165) is 24.3 Å². The summed E-state index contributed by atoms with van der Waals surface area (Å²) in [4.78, 5) is 10.4. The molecule has 0 atom stereocenters. The quantitative estimate of drug-likeness (QED) is 0.550. The van der Waals surface area contributed by atoms with Crippen LogP contribution in [0, 0.1) is 0 Å². The predicted molar refractivity (Wildman–Crippen MR) is 56.4 cm³/mol. The highest BCUT2D eigenvalue weighted by atomic mass is 35.5. The summed E-state index contributed by atoms with van der Waals surface area (Å²) < 4.78 is 0. The fourth-order valence-electron chi connectivity index (χ4n) is 1.58. The highest BCUT2D eigenvalue weighted by Crippen LogP contribution is 2.28. The van der Waals surface area contributed by atoms with Gasteiger partial charge in [0, 0.05) is 24.7 Å². The standard InChI is InChI=1S/C9H11Cl2N3/c1-5(2)14-3-6-7(4-14)12-9(11)13-8(6)10/h5H,3-4H2,1-2H3. The lowest BCUT2D eigenvalue weighted by Gasteiger charge is -2.18. The Labute approximate surface area is 93.1 Å². The third kappa shape index (κ3) is 1.72. The molecule has 0 saturated heterocycles. The molecule has 0 bridgehead atoms. The normalized spacial score (nSPS) is 16.4. The first-order chi connectivity index (χ1) is 6.58. The van der Waals surface area contributed by atoms with Crippen molar-refractivity contribution in [3.8, 4) is 0 Å². The molecule has 1 aromatic rings. The maximum absolute atomic E-state index is 5.98. The molecular weight excluding hydrogens is 221 g/mol. The Morgan fingerprint density at radius 3 is 2.57 bits per heavy atom. The van der Waals surface area contributed by atoms with Gasteiger partial charge in [0.1, 0.15) is 5.15 Å². The van der Waals surface area contributed by atoms with Crippen molar-refractivity contribution in [2.75, 3.05) is 0 Å². The van der Waals surface area contributed by atoms with Crippen molar-refractivity contribution in [1.82, 2.24) is 14.9 Å². The minimum absolute atomic E-state index is 0.236. The second-order valence-electron chi connectivity index (χ2n) is 3.71. The summed E-state index contributed by atoms with van der Waals surface area (Å²) in [6.45, 7) is 5.93. The summed E-state index contributed by atoms with van der Waals surface area (Å²) in [6, 6.07) is 0.485. The minimum Gasteiger partial charge on any atom is -0.291 e. The molecule has 1 aliphatic heterocycles. The molecule has 76 valence electrons. The lowest BCUT2D eigenvalue weighted by Crippen LogP contribution is -2.24. The van der Waals surface area contributed by atoms with E-state index in [0.29, 0.717) is 11.2 Å². The van der Waals surface area contributed by atoms with Crippen LogP contribution in [-0.4, -0.2) is 20.9 Å². The number of hydrogen-bond acceptors (Lipinski definition) is 3. The van der Waals surface area contributed by atoms with Crippen LogP contribution in [0.4, 0.5) is 0 Å². The van der Waals surface area contributed by atoms with Gasteiger partial charge in [0.2, 0.25) is 5.28 Å². The molecule has 3 nitrogen and oxygen atoms in total. The van der Waals surface area contributed by atoms with Crippen molar-refractivity contribution in [2.24, 2.45) is 0 Å². The third-order valence-electron chi connectivity index (χ3n) is 2.46. The van der Waals surface area contributed by atoms with E-state index >= 15 is 0 Å². The van der Waals surface area contributed by atoms with Crippen LogP contribution in [0.2, 0.25) is 10.4 Å². The monoisotopic (exact) mass is 231 g/mol. The third-order valence-corrected chi connectivity index (χ3v) is 2.94. The number of fused-ring (bicyclic) bond motifs is 1. The Kier molecular flexibility index (Phi) is 2.64. The van der Waals surface area contributed by atoms with Crippen LogP contribution < -0.4 is 0 Å². The maximum Gasteiger partial charge on any atom is 0.224 e. The first kappa shape index (κ1) is 10.1. The van der Waals surface area contributed by atoms with Crippen LogP contribution in [0.3, 0.4) is 0 Å². The predicted octanol–water partition coefficient (Wildman–Crippen LogP) is 2.51. The summed E-state index contributed by atoms with van der Waals surface area (Å²) in [5, 5.41) is 0.725. The summed E-state index contributed by atoms with van der Waals surface area (Å²) >= 11 is 11.7. The SMILES string of the molecule is CC(C)N1Cc2nc(Cl)nc(Cl)c2C1. The van der Waals surface area contributed by atoms with Crippen LogP contribution in [0.5, 0.6) is 0 Å². The number of nitrogens with zero attached hydrogens (tertiary/aromatic N) is 3. The zero-order chi connectivity index (χ0) is 10.3. The molecule has 0 aromatic carbocycles. The molecule has 0 N–H and O–H groups in total. The Hall–Kier alpha value is -0.380. The second-order valence-corrected chi connectivity index (χ2v) is 4.40. The van der Waals surface area contributed by atoms with E-state index in [4.69, 9.17) is 23.2 Å². The zero-order valence-corrected chi connectivity index (χ0v) is 9.60. The molecule has 2 heterocycles. The largest absolute Gasteiger partial charge is 0.291 e. The summed E-state index contributed by atoms with van der Waals surface area (Å²) in [5.74, 6) is 0. The molecule has 0 saturated carbocycles. The van der Waals surface area contributed by atoms with Gasteiger partial charge < -0.3 is 0 Å². The number of aromatic nitrogens is 2. The number of halogens is 2. The summed E-state index contributed by atoms with van der Waals surface area (Å²) in [5.41, 5.74) is 1.98. The van der Waals surface area contributed by atoms with Crippen LogP contribution in [0.25, 0.3) is 0 Å². The molecule has 0 fully saturated rings. The van der Waals surface area contributed by atoms with Gasteiger partial charge in [-0.25, -0.2) is 9.97 Å². The smallest absolute Gasteiger partial charge is 0.224 e. The van der Waals surface area contributed by atoms with Crippen LogP contribution in [0.1, 0.15) is 25.1 Å². The molecule has 0 radical (unpaired) electrons. The summed E-state index contributed by atoms with van der Waals surface area (Å²) in [7, 11) is 0. The Bertz CT molecular complexity index is 365. The van der Waals surface area contributed by atoms with Crippen LogP contribution >= 0.6 is 23.2 Å². The van der Waals surface area contributed by atoms with Gasteiger partial charge in [0.25, 0.3) is 0 Å². The zero-order valence-electron chi connectivity index (χ0n) is 8.09. The lowest BCUT2D eigenvalue weighted by molar-refractivity contribution is 0.226. The fourth-order valence-corrected chi connectivity index (χ4v) is 2.05.